The lowest BCUT2D eigenvalue weighted by Crippen LogP contribution is -2.32. The number of hydrogen-bond donors (Lipinski definition) is 0. The van der Waals surface area contributed by atoms with E-state index in [1.165, 1.54) is 0 Å². The van der Waals surface area contributed by atoms with Gasteiger partial charge in [0.05, 0.1) is 12.2 Å². The van der Waals surface area contributed by atoms with Crippen LogP contribution in [-0.4, -0.2) is 49.7 Å². The highest BCUT2D eigenvalue weighted by Gasteiger charge is 2.56. The molecule has 1 aromatic carbocycles. The van der Waals surface area contributed by atoms with Gasteiger partial charge in [0, 0.05) is 38.3 Å². The molecule has 0 bridgehead atoms. The number of likely N-dealkylation sites (tertiary alicyclic amines) is 1. The standard InChI is InChI=1S/C18H20FN3O/c1-21(2)17-7-16(20-15-6-4-3-5-11(15)17)18(23)22-9-13-12(8-19)14(13)10-22/h3-7,12-14H,8-10H2,1-2H3/t12?,13-,14+. The number of rotatable bonds is 3. The second kappa shape index (κ2) is 5.18. The zero-order chi connectivity index (χ0) is 16.1. The molecule has 1 unspecified atom stereocenters. The Morgan fingerprint density at radius 2 is 2.00 bits per heavy atom. The molecule has 3 atom stereocenters. The van der Waals surface area contributed by atoms with E-state index in [0.29, 0.717) is 30.6 Å². The normalized spacial score (nSPS) is 25.5. The Hall–Kier alpha value is -2.17. The molecule has 0 spiro atoms. The number of amides is 1. The van der Waals surface area contributed by atoms with Gasteiger partial charge in [-0.1, -0.05) is 18.2 Å². The second-order valence-corrected chi connectivity index (χ2v) is 6.79. The summed E-state index contributed by atoms with van der Waals surface area (Å²) in [5.74, 6) is 0.861. The van der Waals surface area contributed by atoms with Gasteiger partial charge in [-0.15, -0.1) is 0 Å². The highest BCUT2D eigenvalue weighted by molar-refractivity contribution is 6.00. The number of halogens is 1. The zero-order valence-electron chi connectivity index (χ0n) is 13.4. The number of nitrogens with zero attached hydrogens (tertiary/aromatic N) is 3. The molecule has 120 valence electrons. The van der Waals surface area contributed by atoms with Crippen LogP contribution in [0.15, 0.2) is 30.3 Å². The third-order valence-corrected chi connectivity index (χ3v) is 5.23. The minimum atomic E-state index is -0.254. The maximum absolute atomic E-state index is 12.8. The third kappa shape index (κ3) is 2.26. The molecule has 4 rings (SSSR count). The van der Waals surface area contributed by atoms with Crippen LogP contribution in [-0.2, 0) is 0 Å². The summed E-state index contributed by atoms with van der Waals surface area (Å²) in [6.07, 6.45) is 0. The smallest absolute Gasteiger partial charge is 0.272 e. The van der Waals surface area contributed by atoms with Crippen molar-refractivity contribution in [3.05, 3.63) is 36.0 Å². The van der Waals surface area contributed by atoms with Crippen molar-refractivity contribution in [2.75, 3.05) is 38.8 Å². The average Bonchev–Trinajstić information content (AvgIpc) is 3.03. The lowest BCUT2D eigenvalue weighted by molar-refractivity contribution is 0.0760. The highest BCUT2D eigenvalue weighted by Crippen LogP contribution is 2.52. The topological polar surface area (TPSA) is 36.4 Å². The van der Waals surface area contributed by atoms with E-state index in [1.54, 1.807) is 0 Å². The van der Waals surface area contributed by atoms with Gasteiger partial charge in [-0.05, 0) is 29.9 Å². The van der Waals surface area contributed by atoms with Crippen LogP contribution in [0, 0.1) is 17.8 Å². The average molecular weight is 313 g/mol. The SMILES string of the molecule is CN(C)c1cc(C(=O)N2C[C@@H]3C(CF)[C@@H]3C2)nc2ccccc12. The van der Waals surface area contributed by atoms with E-state index in [4.69, 9.17) is 0 Å². The Morgan fingerprint density at radius 1 is 1.30 bits per heavy atom. The number of fused-ring (bicyclic) bond motifs is 2. The van der Waals surface area contributed by atoms with E-state index in [0.717, 1.165) is 16.6 Å². The predicted octanol–water partition coefficient (Wildman–Crippen LogP) is 2.59. The molecule has 5 heteroatoms. The molecule has 1 amide bonds. The zero-order valence-corrected chi connectivity index (χ0v) is 13.4. The van der Waals surface area contributed by atoms with Gasteiger partial charge in [-0.25, -0.2) is 4.98 Å². The Balaban J connectivity index is 1.65. The molecular formula is C18H20FN3O. The van der Waals surface area contributed by atoms with Gasteiger partial charge in [-0.2, -0.15) is 0 Å². The molecular weight excluding hydrogens is 293 g/mol. The number of hydrogen-bond acceptors (Lipinski definition) is 3. The summed E-state index contributed by atoms with van der Waals surface area (Å²) in [6.45, 7) is 1.09. The number of carbonyl (C=O) groups excluding carboxylic acids is 1. The van der Waals surface area contributed by atoms with Crippen LogP contribution in [0.2, 0.25) is 0 Å². The fourth-order valence-electron chi connectivity index (χ4n) is 3.84. The van der Waals surface area contributed by atoms with E-state index in [-0.39, 0.29) is 18.5 Å². The van der Waals surface area contributed by atoms with Crippen LogP contribution in [0.1, 0.15) is 10.5 Å². The molecule has 1 saturated heterocycles. The van der Waals surface area contributed by atoms with Gasteiger partial charge in [0.2, 0.25) is 0 Å². The Kier molecular flexibility index (Phi) is 3.25. The number of para-hydroxylation sites is 1. The minimum Gasteiger partial charge on any atom is -0.377 e. The molecule has 0 N–H and O–H groups in total. The molecule has 2 heterocycles. The molecule has 1 saturated carbocycles. The molecule has 4 nitrogen and oxygen atoms in total. The first kappa shape index (κ1) is 14.4. The van der Waals surface area contributed by atoms with Crippen LogP contribution >= 0.6 is 0 Å². The molecule has 2 aliphatic rings. The number of anilines is 1. The van der Waals surface area contributed by atoms with E-state index in [1.807, 2.05) is 54.2 Å². The van der Waals surface area contributed by atoms with Gasteiger partial charge in [-0.3, -0.25) is 9.18 Å². The summed E-state index contributed by atoms with van der Waals surface area (Å²) < 4.78 is 12.7. The number of pyridine rings is 1. The quantitative estimate of drug-likeness (QED) is 0.874. The number of benzene rings is 1. The Morgan fingerprint density at radius 3 is 2.65 bits per heavy atom. The molecule has 1 aliphatic carbocycles. The van der Waals surface area contributed by atoms with E-state index in [2.05, 4.69) is 4.98 Å². The summed E-state index contributed by atoms with van der Waals surface area (Å²) in [5.41, 5.74) is 2.29. The molecule has 2 fully saturated rings. The summed E-state index contributed by atoms with van der Waals surface area (Å²) in [4.78, 5) is 21.2. The molecule has 1 aromatic heterocycles. The van der Waals surface area contributed by atoms with Crippen molar-refractivity contribution < 1.29 is 9.18 Å². The van der Waals surface area contributed by atoms with Gasteiger partial charge in [0.1, 0.15) is 5.69 Å². The van der Waals surface area contributed by atoms with E-state index in [9.17, 15) is 9.18 Å². The van der Waals surface area contributed by atoms with Crippen LogP contribution < -0.4 is 4.90 Å². The maximum Gasteiger partial charge on any atom is 0.272 e. The number of alkyl halides is 1. The maximum atomic E-state index is 12.8. The summed E-state index contributed by atoms with van der Waals surface area (Å²) in [6, 6.07) is 9.72. The largest absolute Gasteiger partial charge is 0.377 e. The Labute approximate surface area is 134 Å². The number of aromatic nitrogens is 1. The lowest BCUT2D eigenvalue weighted by atomic mass is 10.1. The van der Waals surface area contributed by atoms with Crippen molar-refractivity contribution in [3.63, 3.8) is 0 Å². The third-order valence-electron chi connectivity index (χ3n) is 5.23. The van der Waals surface area contributed by atoms with Gasteiger partial charge in [0.25, 0.3) is 5.91 Å². The van der Waals surface area contributed by atoms with Crippen LogP contribution in [0.5, 0.6) is 0 Å². The predicted molar refractivity (Wildman–Crippen MR) is 88.4 cm³/mol. The van der Waals surface area contributed by atoms with E-state index >= 15 is 0 Å². The summed E-state index contributed by atoms with van der Waals surface area (Å²) in [5, 5.41) is 1.04. The molecule has 1 aliphatic heterocycles. The van der Waals surface area contributed by atoms with Crippen molar-refractivity contribution in [3.8, 4) is 0 Å². The highest BCUT2D eigenvalue weighted by atomic mass is 19.1. The first-order chi connectivity index (χ1) is 11.1. The first-order valence-corrected chi connectivity index (χ1v) is 8.02. The summed E-state index contributed by atoms with van der Waals surface area (Å²) in [7, 11) is 3.93. The van der Waals surface area contributed by atoms with Crippen molar-refractivity contribution >= 4 is 22.5 Å². The number of carbonyl (C=O) groups is 1. The number of piperidine rings is 1. The van der Waals surface area contributed by atoms with Crippen molar-refractivity contribution in [2.45, 2.75) is 0 Å². The first-order valence-electron chi connectivity index (χ1n) is 8.02. The summed E-state index contributed by atoms with van der Waals surface area (Å²) >= 11 is 0. The lowest BCUT2D eigenvalue weighted by Gasteiger charge is -2.21. The van der Waals surface area contributed by atoms with E-state index < -0.39 is 0 Å². The molecule has 2 aromatic rings. The van der Waals surface area contributed by atoms with Crippen molar-refractivity contribution in [1.29, 1.82) is 0 Å². The minimum absolute atomic E-state index is 0.0383. The van der Waals surface area contributed by atoms with Crippen LogP contribution in [0.4, 0.5) is 10.1 Å². The second-order valence-electron chi connectivity index (χ2n) is 6.79. The van der Waals surface area contributed by atoms with Crippen LogP contribution in [0.3, 0.4) is 0 Å². The monoisotopic (exact) mass is 313 g/mol. The van der Waals surface area contributed by atoms with Gasteiger partial charge in [0.15, 0.2) is 0 Å². The fraction of sp³-hybridized carbons (Fsp3) is 0.444. The van der Waals surface area contributed by atoms with Crippen molar-refractivity contribution in [2.24, 2.45) is 17.8 Å². The van der Waals surface area contributed by atoms with Gasteiger partial charge >= 0.3 is 0 Å². The fourth-order valence-corrected chi connectivity index (χ4v) is 3.84. The molecule has 0 radical (unpaired) electrons. The van der Waals surface area contributed by atoms with Gasteiger partial charge < -0.3 is 9.80 Å². The Bertz CT molecular complexity index is 764. The van der Waals surface area contributed by atoms with Crippen LogP contribution in [0.25, 0.3) is 10.9 Å². The van der Waals surface area contributed by atoms with Crippen molar-refractivity contribution in [1.82, 2.24) is 9.88 Å². The molecule has 23 heavy (non-hydrogen) atoms.